The molecule has 0 unspecified atom stereocenters. The van der Waals surface area contributed by atoms with E-state index in [2.05, 4.69) is 0 Å². The predicted octanol–water partition coefficient (Wildman–Crippen LogP) is 2.51. The first-order valence-corrected chi connectivity index (χ1v) is 7.73. The van der Waals surface area contributed by atoms with E-state index in [1.807, 2.05) is 0 Å². The van der Waals surface area contributed by atoms with Gasteiger partial charge in [0.1, 0.15) is 17.5 Å². The van der Waals surface area contributed by atoms with Crippen molar-refractivity contribution in [3.05, 3.63) is 46.9 Å². The number of allylic oxidation sites excluding steroid dienone is 1. The molecule has 126 valence electrons. The van der Waals surface area contributed by atoms with Crippen LogP contribution in [0.4, 0.5) is 4.39 Å². The van der Waals surface area contributed by atoms with Crippen molar-refractivity contribution in [1.29, 1.82) is 5.26 Å². The van der Waals surface area contributed by atoms with Crippen LogP contribution in [0.5, 0.6) is 0 Å². The van der Waals surface area contributed by atoms with Gasteiger partial charge in [-0.1, -0.05) is 25.0 Å². The lowest BCUT2D eigenvalue weighted by atomic mass is 9.79. The first kappa shape index (κ1) is 17.7. The minimum absolute atomic E-state index is 0.0826. The Labute approximate surface area is 139 Å². The van der Waals surface area contributed by atoms with Crippen molar-refractivity contribution in [2.24, 2.45) is 5.73 Å². The summed E-state index contributed by atoms with van der Waals surface area (Å²) in [6.07, 6.45) is 2.73. The Bertz CT molecular complexity index is 724. The second-order valence-corrected chi connectivity index (χ2v) is 5.97. The van der Waals surface area contributed by atoms with Crippen LogP contribution in [0.2, 0.25) is 0 Å². The topological polar surface area (TPSA) is 93.2 Å². The van der Waals surface area contributed by atoms with E-state index in [1.54, 1.807) is 18.2 Å². The van der Waals surface area contributed by atoms with Crippen molar-refractivity contribution in [1.82, 2.24) is 0 Å². The van der Waals surface area contributed by atoms with E-state index < -0.39 is 29.6 Å². The van der Waals surface area contributed by atoms with Crippen LogP contribution in [0.1, 0.15) is 38.2 Å². The number of esters is 1. The van der Waals surface area contributed by atoms with Gasteiger partial charge in [0.05, 0.1) is 5.41 Å². The molecule has 0 atom stereocenters. The molecule has 0 amide bonds. The van der Waals surface area contributed by atoms with E-state index in [0.717, 1.165) is 12.8 Å². The summed E-state index contributed by atoms with van der Waals surface area (Å²) in [5.41, 5.74) is 4.96. The molecular formula is C18H19FN2O3. The number of carbonyl (C=O) groups is 2. The third-order valence-electron chi connectivity index (χ3n) is 4.34. The molecule has 1 aromatic carbocycles. The summed E-state index contributed by atoms with van der Waals surface area (Å²) >= 11 is 0. The lowest BCUT2D eigenvalue weighted by Gasteiger charge is -2.27. The zero-order valence-corrected chi connectivity index (χ0v) is 13.5. The highest BCUT2D eigenvalue weighted by Crippen LogP contribution is 2.42. The number of Topliss-reactive ketones (excluding diaryl/α,β-unsaturated/α-hetero) is 1. The number of nitrogens with two attached hydrogens (primary N) is 1. The second-order valence-electron chi connectivity index (χ2n) is 5.97. The van der Waals surface area contributed by atoms with Gasteiger partial charge in [-0.2, -0.15) is 5.26 Å². The van der Waals surface area contributed by atoms with E-state index in [4.69, 9.17) is 15.7 Å². The Balaban J connectivity index is 2.18. The molecular weight excluding hydrogens is 311 g/mol. The molecule has 0 spiro atoms. The quantitative estimate of drug-likeness (QED) is 0.508. The third kappa shape index (κ3) is 3.46. The zero-order valence-electron chi connectivity index (χ0n) is 13.5. The molecule has 0 saturated heterocycles. The van der Waals surface area contributed by atoms with Gasteiger partial charge >= 0.3 is 5.97 Å². The molecule has 1 aromatic rings. The van der Waals surface area contributed by atoms with Crippen LogP contribution in [0, 0.1) is 17.1 Å². The van der Waals surface area contributed by atoms with E-state index in [0.29, 0.717) is 18.4 Å². The average Bonchev–Trinajstić information content (AvgIpc) is 3.04. The number of nitrogens with zero attached hydrogens (tertiary/aromatic N) is 1. The molecule has 5 nitrogen and oxygen atoms in total. The number of ether oxygens (including phenoxy) is 1. The minimum atomic E-state index is -0.934. The van der Waals surface area contributed by atoms with Crippen LogP contribution in [0.3, 0.4) is 0 Å². The normalized spacial score (nSPS) is 16.9. The summed E-state index contributed by atoms with van der Waals surface area (Å²) in [5.74, 6) is -1.62. The van der Waals surface area contributed by atoms with Crippen molar-refractivity contribution in [3.63, 3.8) is 0 Å². The first-order chi connectivity index (χ1) is 11.4. The Morgan fingerprint density at radius 2 is 2.04 bits per heavy atom. The molecule has 2 N–H and O–H groups in total. The van der Waals surface area contributed by atoms with Gasteiger partial charge in [-0.15, -0.1) is 0 Å². The van der Waals surface area contributed by atoms with Crippen molar-refractivity contribution in [2.45, 2.75) is 38.0 Å². The van der Waals surface area contributed by atoms with Crippen LogP contribution >= 0.6 is 0 Å². The van der Waals surface area contributed by atoms with E-state index in [-0.39, 0.29) is 11.3 Å². The second kappa shape index (κ2) is 7.26. The van der Waals surface area contributed by atoms with Gasteiger partial charge in [0, 0.05) is 5.70 Å². The zero-order chi connectivity index (χ0) is 17.7. The highest BCUT2D eigenvalue weighted by Gasteiger charge is 2.44. The van der Waals surface area contributed by atoms with Crippen LogP contribution in [0.15, 0.2) is 35.5 Å². The van der Waals surface area contributed by atoms with Crippen LogP contribution < -0.4 is 5.73 Å². The number of rotatable bonds is 5. The number of carbonyl (C=O) groups excluding carboxylic acids is 2. The van der Waals surface area contributed by atoms with Gasteiger partial charge < -0.3 is 10.5 Å². The van der Waals surface area contributed by atoms with Gasteiger partial charge in [-0.3, -0.25) is 9.59 Å². The van der Waals surface area contributed by atoms with Gasteiger partial charge in [-0.25, -0.2) is 4.39 Å². The van der Waals surface area contributed by atoms with E-state index in [1.165, 1.54) is 19.1 Å². The summed E-state index contributed by atoms with van der Waals surface area (Å²) in [6, 6.07) is 7.60. The van der Waals surface area contributed by atoms with Crippen LogP contribution in [0.25, 0.3) is 0 Å². The lowest BCUT2D eigenvalue weighted by molar-refractivity contribution is -0.153. The van der Waals surface area contributed by atoms with E-state index >= 15 is 0 Å². The van der Waals surface area contributed by atoms with Gasteiger partial charge in [0.2, 0.25) is 5.78 Å². The van der Waals surface area contributed by atoms with Crippen molar-refractivity contribution >= 4 is 11.8 Å². The smallest absolute Gasteiger partial charge is 0.317 e. The molecule has 0 aliphatic heterocycles. The average molecular weight is 330 g/mol. The molecule has 0 heterocycles. The monoisotopic (exact) mass is 330 g/mol. The standard InChI is InChI=1S/C18H19FN2O3/c1-12(21)15(10-20)16(22)11-24-17(23)18(7-2-3-8-18)13-5-4-6-14(19)9-13/h4-6,9H,2-3,7-8,11,21H2,1H3. The molecule has 0 aromatic heterocycles. The number of nitriles is 1. The highest BCUT2D eigenvalue weighted by molar-refractivity contribution is 6.01. The maximum Gasteiger partial charge on any atom is 0.317 e. The maximum absolute atomic E-state index is 13.5. The van der Waals surface area contributed by atoms with Crippen molar-refractivity contribution in [3.8, 4) is 6.07 Å². The minimum Gasteiger partial charge on any atom is -0.457 e. The third-order valence-corrected chi connectivity index (χ3v) is 4.34. The molecule has 2 rings (SSSR count). The maximum atomic E-state index is 13.5. The van der Waals surface area contributed by atoms with E-state index in [9.17, 15) is 14.0 Å². The number of ketones is 1. The molecule has 6 heteroatoms. The molecule has 0 radical (unpaired) electrons. The fourth-order valence-corrected chi connectivity index (χ4v) is 3.09. The fourth-order valence-electron chi connectivity index (χ4n) is 3.09. The molecule has 0 bridgehead atoms. The molecule has 24 heavy (non-hydrogen) atoms. The predicted molar refractivity (Wildman–Crippen MR) is 85.0 cm³/mol. The van der Waals surface area contributed by atoms with Gasteiger partial charge in [-0.05, 0) is 37.5 Å². The number of hydrogen-bond acceptors (Lipinski definition) is 5. The number of benzene rings is 1. The molecule has 1 aliphatic rings. The Morgan fingerprint density at radius 1 is 1.38 bits per heavy atom. The largest absolute Gasteiger partial charge is 0.457 e. The summed E-state index contributed by atoms with van der Waals surface area (Å²) in [4.78, 5) is 24.6. The number of hydrogen-bond donors (Lipinski definition) is 1. The summed E-state index contributed by atoms with van der Waals surface area (Å²) in [5, 5.41) is 8.91. The number of halogens is 1. The SMILES string of the molecule is CC(N)=C(C#N)C(=O)COC(=O)C1(c2cccc(F)c2)CCCC1. The summed E-state index contributed by atoms with van der Waals surface area (Å²) < 4.78 is 18.7. The summed E-state index contributed by atoms with van der Waals surface area (Å²) in [6.45, 7) is 0.886. The van der Waals surface area contributed by atoms with Gasteiger partial charge in [0.15, 0.2) is 6.61 Å². The van der Waals surface area contributed by atoms with Gasteiger partial charge in [0.25, 0.3) is 0 Å². The molecule has 1 saturated carbocycles. The van der Waals surface area contributed by atoms with Crippen LogP contribution in [-0.2, 0) is 19.7 Å². The van der Waals surface area contributed by atoms with Crippen molar-refractivity contribution < 1.29 is 18.7 Å². The Hall–Kier alpha value is -2.68. The highest BCUT2D eigenvalue weighted by atomic mass is 19.1. The Kier molecular flexibility index (Phi) is 5.35. The lowest BCUT2D eigenvalue weighted by Crippen LogP contribution is -2.36. The summed E-state index contributed by atoms with van der Waals surface area (Å²) in [7, 11) is 0. The van der Waals surface area contributed by atoms with Crippen molar-refractivity contribution in [2.75, 3.05) is 6.61 Å². The first-order valence-electron chi connectivity index (χ1n) is 7.73. The Morgan fingerprint density at radius 3 is 2.58 bits per heavy atom. The molecule has 1 aliphatic carbocycles. The fraction of sp³-hybridized carbons (Fsp3) is 0.389. The van der Waals surface area contributed by atoms with Crippen LogP contribution in [-0.4, -0.2) is 18.4 Å². The molecule has 1 fully saturated rings.